The highest BCUT2D eigenvalue weighted by atomic mass is 32.2. The molecule has 0 fully saturated rings. The number of anilines is 1. The van der Waals surface area contributed by atoms with Crippen LogP contribution in [0.25, 0.3) is 0 Å². The van der Waals surface area contributed by atoms with E-state index in [4.69, 9.17) is 5.73 Å². The molecule has 2 aromatic rings. The molecule has 0 saturated heterocycles. The van der Waals surface area contributed by atoms with Crippen molar-refractivity contribution in [2.45, 2.75) is 25.4 Å². The predicted octanol–water partition coefficient (Wildman–Crippen LogP) is 3.14. The van der Waals surface area contributed by atoms with Crippen molar-refractivity contribution in [3.05, 3.63) is 64.5 Å². The molecule has 0 atom stereocenters. The van der Waals surface area contributed by atoms with Gasteiger partial charge in [-0.05, 0) is 43.2 Å². The molecule has 5 heteroatoms. The summed E-state index contributed by atoms with van der Waals surface area (Å²) < 4.78 is 37.8. The van der Waals surface area contributed by atoms with E-state index >= 15 is 0 Å². The number of sulfone groups is 1. The van der Waals surface area contributed by atoms with E-state index in [0.717, 1.165) is 16.7 Å². The molecule has 0 unspecified atom stereocenters. The van der Waals surface area contributed by atoms with Gasteiger partial charge in [0.1, 0.15) is 5.82 Å². The van der Waals surface area contributed by atoms with Crippen molar-refractivity contribution < 1.29 is 12.8 Å². The Labute approximate surface area is 124 Å². The van der Waals surface area contributed by atoms with Crippen LogP contribution >= 0.6 is 0 Å². The minimum Gasteiger partial charge on any atom is -0.398 e. The second-order valence-electron chi connectivity index (χ2n) is 5.37. The average Bonchev–Trinajstić information content (AvgIpc) is 2.31. The molecule has 2 N–H and O–H groups in total. The summed E-state index contributed by atoms with van der Waals surface area (Å²) in [7, 11) is -3.41. The zero-order valence-corrected chi connectivity index (χ0v) is 12.9. The van der Waals surface area contributed by atoms with E-state index in [2.05, 4.69) is 0 Å². The van der Waals surface area contributed by atoms with E-state index in [-0.39, 0.29) is 11.5 Å². The Morgan fingerprint density at radius 3 is 2.24 bits per heavy atom. The van der Waals surface area contributed by atoms with Crippen LogP contribution in [-0.4, -0.2) is 8.42 Å². The smallest absolute Gasteiger partial charge is 0.158 e. The molecule has 2 rings (SSSR count). The molecule has 0 aliphatic heterocycles. The molecule has 0 heterocycles. The Kier molecular flexibility index (Phi) is 4.32. The molecule has 0 aliphatic rings. The van der Waals surface area contributed by atoms with Crippen molar-refractivity contribution in [1.82, 2.24) is 0 Å². The van der Waals surface area contributed by atoms with Gasteiger partial charge in [0.15, 0.2) is 9.84 Å². The van der Waals surface area contributed by atoms with Crippen molar-refractivity contribution in [3.8, 4) is 0 Å². The van der Waals surface area contributed by atoms with Gasteiger partial charge in [-0.3, -0.25) is 0 Å². The average molecular weight is 307 g/mol. The van der Waals surface area contributed by atoms with Crippen LogP contribution in [0.3, 0.4) is 0 Å². The molecule has 0 spiro atoms. The van der Waals surface area contributed by atoms with E-state index in [1.165, 1.54) is 18.2 Å². The number of hydrogen-bond acceptors (Lipinski definition) is 3. The van der Waals surface area contributed by atoms with Gasteiger partial charge >= 0.3 is 0 Å². The summed E-state index contributed by atoms with van der Waals surface area (Å²) in [5.74, 6) is -0.824. The minimum atomic E-state index is -3.41. The second-order valence-corrected chi connectivity index (χ2v) is 7.44. The Bertz CT molecular complexity index is 750. The monoisotopic (exact) mass is 307 g/mol. The van der Waals surface area contributed by atoms with Crippen LogP contribution in [-0.2, 0) is 21.3 Å². The van der Waals surface area contributed by atoms with E-state index < -0.39 is 15.7 Å². The van der Waals surface area contributed by atoms with E-state index in [0.29, 0.717) is 11.3 Å². The Balaban J connectivity index is 2.24. The SMILES string of the molecule is Cc1cc(C)cc(CS(=O)(=O)Cc2cc(F)ccc2N)c1. The topological polar surface area (TPSA) is 60.2 Å². The van der Waals surface area contributed by atoms with Gasteiger partial charge in [0.05, 0.1) is 11.5 Å². The number of halogens is 1. The molecule has 3 nitrogen and oxygen atoms in total. The Morgan fingerprint density at radius 2 is 1.62 bits per heavy atom. The normalized spacial score (nSPS) is 11.6. The molecule has 112 valence electrons. The summed E-state index contributed by atoms with van der Waals surface area (Å²) in [6, 6.07) is 9.46. The number of nitrogen functional groups attached to an aromatic ring is 1. The first kappa shape index (κ1) is 15.5. The summed E-state index contributed by atoms with van der Waals surface area (Å²) in [5, 5.41) is 0. The third-order valence-electron chi connectivity index (χ3n) is 3.15. The molecular formula is C16H18FNO2S. The van der Waals surface area contributed by atoms with Gasteiger partial charge < -0.3 is 5.73 Å². The molecule has 0 amide bonds. The fraction of sp³-hybridized carbons (Fsp3) is 0.250. The fourth-order valence-corrected chi connectivity index (χ4v) is 3.89. The van der Waals surface area contributed by atoms with Crippen LogP contribution in [0.15, 0.2) is 36.4 Å². The number of aryl methyl sites for hydroxylation is 2. The summed E-state index contributed by atoms with van der Waals surface area (Å²) in [6.45, 7) is 3.85. The number of rotatable bonds is 4. The molecule has 0 saturated carbocycles. The van der Waals surface area contributed by atoms with Crippen LogP contribution in [0.1, 0.15) is 22.3 Å². The molecule has 2 aromatic carbocycles. The maximum Gasteiger partial charge on any atom is 0.158 e. The molecular weight excluding hydrogens is 289 g/mol. The summed E-state index contributed by atoms with van der Waals surface area (Å²) in [6.07, 6.45) is 0. The highest BCUT2D eigenvalue weighted by Gasteiger charge is 2.16. The predicted molar refractivity (Wildman–Crippen MR) is 83.1 cm³/mol. The van der Waals surface area contributed by atoms with Crippen molar-refractivity contribution in [1.29, 1.82) is 0 Å². The van der Waals surface area contributed by atoms with Crippen LogP contribution in [0.2, 0.25) is 0 Å². The van der Waals surface area contributed by atoms with Crippen LogP contribution in [0, 0.1) is 19.7 Å². The second kappa shape index (κ2) is 5.85. The summed E-state index contributed by atoms with van der Waals surface area (Å²) >= 11 is 0. The lowest BCUT2D eigenvalue weighted by Crippen LogP contribution is -2.10. The van der Waals surface area contributed by atoms with Crippen LogP contribution in [0.4, 0.5) is 10.1 Å². The van der Waals surface area contributed by atoms with Gasteiger partial charge in [0.25, 0.3) is 0 Å². The largest absolute Gasteiger partial charge is 0.398 e. The lowest BCUT2D eigenvalue weighted by molar-refractivity contribution is 0.594. The quantitative estimate of drug-likeness (QED) is 0.883. The highest BCUT2D eigenvalue weighted by molar-refractivity contribution is 7.89. The maximum absolute atomic E-state index is 13.2. The number of nitrogens with two attached hydrogens (primary N) is 1. The third kappa shape index (κ3) is 4.29. The van der Waals surface area contributed by atoms with Crippen molar-refractivity contribution in [2.24, 2.45) is 0 Å². The number of benzene rings is 2. The Morgan fingerprint density at radius 1 is 1.00 bits per heavy atom. The van der Waals surface area contributed by atoms with Gasteiger partial charge in [0.2, 0.25) is 0 Å². The first-order valence-corrected chi connectivity index (χ1v) is 8.39. The van der Waals surface area contributed by atoms with Crippen molar-refractivity contribution in [2.75, 3.05) is 5.73 Å². The maximum atomic E-state index is 13.2. The first-order valence-electron chi connectivity index (χ1n) is 6.57. The first-order chi connectivity index (χ1) is 9.75. The molecule has 0 aliphatic carbocycles. The van der Waals surface area contributed by atoms with E-state index in [9.17, 15) is 12.8 Å². The van der Waals surface area contributed by atoms with Gasteiger partial charge in [-0.15, -0.1) is 0 Å². The van der Waals surface area contributed by atoms with E-state index in [1.807, 2.05) is 32.0 Å². The molecule has 21 heavy (non-hydrogen) atoms. The van der Waals surface area contributed by atoms with Crippen LogP contribution in [0.5, 0.6) is 0 Å². The lowest BCUT2D eigenvalue weighted by atomic mass is 10.1. The van der Waals surface area contributed by atoms with Gasteiger partial charge in [-0.25, -0.2) is 12.8 Å². The van der Waals surface area contributed by atoms with Crippen molar-refractivity contribution in [3.63, 3.8) is 0 Å². The highest BCUT2D eigenvalue weighted by Crippen LogP contribution is 2.20. The van der Waals surface area contributed by atoms with Gasteiger partial charge in [0, 0.05) is 5.69 Å². The third-order valence-corrected chi connectivity index (χ3v) is 4.67. The number of hydrogen-bond donors (Lipinski definition) is 1. The van der Waals surface area contributed by atoms with Gasteiger partial charge in [-0.1, -0.05) is 29.3 Å². The van der Waals surface area contributed by atoms with E-state index in [1.54, 1.807) is 0 Å². The standard InChI is InChI=1S/C16H18FNO2S/c1-11-5-12(2)7-13(6-11)9-21(19,20)10-14-8-15(17)3-4-16(14)18/h3-8H,9-10,18H2,1-2H3. The lowest BCUT2D eigenvalue weighted by Gasteiger charge is -2.09. The summed E-state index contributed by atoms with van der Waals surface area (Å²) in [4.78, 5) is 0. The molecule has 0 aromatic heterocycles. The Hall–Kier alpha value is -1.88. The van der Waals surface area contributed by atoms with Crippen LogP contribution < -0.4 is 5.73 Å². The molecule has 0 radical (unpaired) electrons. The van der Waals surface area contributed by atoms with Gasteiger partial charge in [-0.2, -0.15) is 0 Å². The summed E-state index contributed by atoms with van der Waals surface area (Å²) in [5.41, 5.74) is 9.08. The van der Waals surface area contributed by atoms with Crippen molar-refractivity contribution >= 4 is 15.5 Å². The zero-order valence-electron chi connectivity index (χ0n) is 12.1. The minimum absolute atomic E-state index is 0.0779. The zero-order chi connectivity index (χ0) is 15.6. The fourth-order valence-electron chi connectivity index (χ4n) is 2.39. The molecule has 0 bridgehead atoms.